The largest absolute Gasteiger partial charge is 0.381 e. The van der Waals surface area contributed by atoms with Gasteiger partial charge in [0.05, 0.1) is 28.6 Å². The molecule has 5 amide bonds. The highest BCUT2D eigenvalue weighted by atomic mass is 32.2. The number of aliphatic hydroxyl groups excluding tert-OH is 1. The zero-order valence-electron chi connectivity index (χ0n) is 31.7. The molecule has 0 radical (unpaired) electrons. The summed E-state index contributed by atoms with van der Waals surface area (Å²) in [5.41, 5.74) is -1.82. The number of ether oxygens (including phenoxy) is 2. The lowest BCUT2D eigenvalue weighted by molar-refractivity contribution is -0.171. The molecule has 0 aromatic rings. The van der Waals surface area contributed by atoms with Gasteiger partial charge >= 0.3 is 6.03 Å². The predicted octanol–water partition coefficient (Wildman–Crippen LogP) is 2.30. The van der Waals surface area contributed by atoms with Crippen LogP contribution in [-0.4, -0.2) is 114 Å². The lowest BCUT2D eigenvalue weighted by atomic mass is 9.83. The van der Waals surface area contributed by atoms with Crippen LogP contribution in [0.25, 0.3) is 0 Å². The number of rotatable bonds is 13. The Bertz CT molecular complexity index is 1430. The Kier molecular flexibility index (Phi) is 12.3. The number of urea groups is 1. The molecule has 6 atom stereocenters. The SMILES string of the molecule is C=CCNC(=O)C(O)[C@H](CC1CC1)NC(=O)[C@@H]1[C@H]2OC(C)(C)O[C@H]2CN1C(=O)[C@@H](NC(=O)NC1(CS(=O)(=O)C(C)(C)C)CCCCC1)C(C)(C)C. The second-order valence-electron chi connectivity index (χ2n) is 17.5. The molecule has 2 saturated heterocycles. The number of fused-ring (bicyclic) bond motifs is 1. The maximum atomic E-state index is 14.6. The van der Waals surface area contributed by atoms with Crippen molar-refractivity contribution >= 4 is 33.6 Å². The van der Waals surface area contributed by atoms with Gasteiger partial charge in [0, 0.05) is 6.54 Å². The van der Waals surface area contributed by atoms with Crippen LogP contribution in [0.15, 0.2) is 12.7 Å². The second-order valence-corrected chi connectivity index (χ2v) is 20.2. The van der Waals surface area contributed by atoms with Gasteiger partial charge < -0.3 is 40.7 Å². The molecule has 0 bridgehead atoms. The minimum Gasteiger partial charge on any atom is -0.381 e. The first-order valence-corrected chi connectivity index (χ1v) is 20.0. The summed E-state index contributed by atoms with van der Waals surface area (Å²) in [7, 11) is -3.59. The third-order valence-electron chi connectivity index (χ3n) is 10.5. The van der Waals surface area contributed by atoms with Crippen molar-refractivity contribution < 1.29 is 42.2 Å². The zero-order valence-corrected chi connectivity index (χ0v) is 32.5. The Morgan fingerprint density at radius 1 is 1.00 bits per heavy atom. The Morgan fingerprint density at radius 3 is 2.18 bits per heavy atom. The minimum absolute atomic E-state index is 0.00429. The molecule has 14 nitrogen and oxygen atoms in total. The van der Waals surface area contributed by atoms with Gasteiger partial charge in [0.15, 0.2) is 21.7 Å². The van der Waals surface area contributed by atoms with Crippen molar-refractivity contribution in [2.24, 2.45) is 11.3 Å². The van der Waals surface area contributed by atoms with Crippen molar-refractivity contribution in [1.82, 2.24) is 26.2 Å². The summed E-state index contributed by atoms with van der Waals surface area (Å²) in [5.74, 6) is -2.79. The van der Waals surface area contributed by atoms with Gasteiger partial charge in [-0.2, -0.15) is 0 Å². The van der Waals surface area contributed by atoms with Gasteiger partial charge in [0.25, 0.3) is 5.91 Å². The molecule has 4 rings (SSSR count). The molecule has 2 aliphatic carbocycles. The smallest absolute Gasteiger partial charge is 0.315 e. The topological polar surface area (TPSA) is 192 Å². The Balaban J connectivity index is 1.59. The van der Waals surface area contributed by atoms with Crippen molar-refractivity contribution in [2.45, 2.75) is 159 Å². The number of carbonyl (C=O) groups is 4. The van der Waals surface area contributed by atoms with E-state index in [0.717, 1.165) is 32.1 Å². The van der Waals surface area contributed by atoms with Crippen molar-refractivity contribution in [3.8, 4) is 0 Å². The summed E-state index contributed by atoms with van der Waals surface area (Å²) in [4.78, 5) is 56.7. The van der Waals surface area contributed by atoms with E-state index in [-0.39, 0.29) is 24.8 Å². The molecule has 2 saturated carbocycles. The molecular weight excluding hydrogens is 678 g/mol. The molecule has 0 aromatic carbocycles. The normalized spacial score (nSPS) is 26.3. The molecule has 2 heterocycles. The number of sulfone groups is 1. The molecule has 0 spiro atoms. The monoisotopic (exact) mass is 739 g/mol. The molecule has 4 fully saturated rings. The molecule has 5 N–H and O–H groups in total. The van der Waals surface area contributed by atoms with E-state index in [4.69, 9.17) is 9.47 Å². The average molecular weight is 740 g/mol. The lowest BCUT2D eigenvalue weighted by Gasteiger charge is -2.41. The van der Waals surface area contributed by atoms with Crippen LogP contribution >= 0.6 is 0 Å². The number of amides is 5. The highest BCUT2D eigenvalue weighted by Gasteiger charge is 2.58. The highest BCUT2D eigenvalue weighted by molar-refractivity contribution is 7.92. The van der Waals surface area contributed by atoms with Crippen molar-refractivity contribution in [3.63, 3.8) is 0 Å². The van der Waals surface area contributed by atoms with Crippen LogP contribution in [0.2, 0.25) is 0 Å². The third kappa shape index (κ3) is 10.0. The van der Waals surface area contributed by atoms with E-state index >= 15 is 0 Å². The molecule has 15 heteroatoms. The zero-order chi connectivity index (χ0) is 38.2. The van der Waals surface area contributed by atoms with Crippen LogP contribution in [0.4, 0.5) is 4.79 Å². The maximum absolute atomic E-state index is 14.6. The first-order chi connectivity index (χ1) is 23.5. The first-order valence-electron chi connectivity index (χ1n) is 18.3. The fourth-order valence-electron chi connectivity index (χ4n) is 7.32. The Morgan fingerprint density at radius 2 is 1.63 bits per heavy atom. The molecule has 1 unspecified atom stereocenters. The maximum Gasteiger partial charge on any atom is 0.315 e. The quantitative estimate of drug-likeness (QED) is 0.176. The number of likely N-dealkylation sites (tertiary alicyclic amines) is 1. The third-order valence-corrected chi connectivity index (χ3v) is 13.3. The second kappa shape index (κ2) is 15.3. The standard InChI is InChI=1S/C36H61N5O9S/c1-10-18-37-30(44)26(42)23(19-22-14-15-22)38-29(43)25-27-24(49-35(8,9)50-27)20-41(25)31(45)28(33(2,3)4)39-32(46)40-36(16-12-11-13-17-36)21-51(47,48)34(5,6)7/h10,22-28,42H,1,11-21H2,2-9H3,(H,37,44)(H,38,43)(H2,39,40,46)/t23-,24-,25-,26?,27-,28+/m0/s1. The van der Waals surface area contributed by atoms with E-state index in [1.807, 2.05) is 0 Å². The number of nitrogens with one attached hydrogen (secondary N) is 4. The number of aliphatic hydroxyl groups is 1. The number of carbonyl (C=O) groups excluding carboxylic acids is 4. The predicted molar refractivity (Wildman–Crippen MR) is 192 cm³/mol. The first kappa shape index (κ1) is 41.0. The van der Waals surface area contributed by atoms with E-state index in [9.17, 15) is 32.7 Å². The van der Waals surface area contributed by atoms with Gasteiger partial charge in [-0.1, -0.05) is 59.0 Å². The minimum atomic E-state index is -3.59. The summed E-state index contributed by atoms with van der Waals surface area (Å²) in [6.45, 7) is 17.5. The van der Waals surface area contributed by atoms with Gasteiger partial charge in [-0.05, 0) is 65.2 Å². The van der Waals surface area contributed by atoms with Crippen LogP contribution in [0.3, 0.4) is 0 Å². The van der Waals surface area contributed by atoms with Crippen LogP contribution in [0.5, 0.6) is 0 Å². The molecule has 290 valence electrons. The lowest BCUT2D eigenvalue weighted by Crippen LogP contribution is -2.64. The summed E-state index contributed by atoms with van der Waals surface area (Å²) in [5, 5.41) is 22.3. The van der Waals surface area contributed by atoms with Gasteiger partial charge in [-0.3, -0.25) is 14.4 Å². The van der Waals surface area contributed by atoms with E-state index < -0.39 is 91.5 Å². The van der Waals surface area contributed by atoms with Gasteiger partial charge in [-0.25, -0.2) is 13.2 Å². The average Bonchev–Trinajstić information content (AvgIpc) is 3.68. The van der Waals surface area contributed by atoms with E-state index in [2.05, 4.69) is 27.8 Å². The molecular formula is C36H61N5O9S. The van der Waals surface area contributed by atoms with E-state index in [0.29, 0.717) is 19.3 Å². The van der Waals surface area contributed by atoms with Crippen LogP contribution < -0.4 is 21.3 Å². The van der Waals surface area contributed by atoms with Gasteiger partial charge in [0.1, 0.15) is 24.3 Å². The fourth-order valence-corrected chi connectivity index (χ4v) is 8.84. The molecule has 0 aromatic heterocycles. The Labute approximate surface area is 303 Å². The van der Waals surface area contributed by atoms with Gasteiger partial charge in [0.2, 0.25) is 11.8 Å². The highest BCUT2D eigenvalue weighted by Crippen LogP contribution is 2.39. The van der Waals surface area contributed by atoms with E-state index in [1.54, 1.807) is 55.4 Å². The summed E-state index contributed by atoms with van der Waals surface area (Å²) >= 11 is 0. The van der Waals surface area contributed by atoms with Crippen LogP contribution in [0, 0.1) is 11.3 Å². The van der Waals surface area contributed by atoms with Crippen molar-refractivity contribution in [2.75, 3.05) is 18.8 Å². The van der Waals surface area contributed by atoms with Crippen LogP contribution in [0.1, 0.15) is 107 Å². The van der Waals surface area contributed by atoms with E-state index in [1.165, 1.54) is 11.0 Å². The van der Waals surface area contributed by atoms with Crippen molar-refractivity contribution in [3.05, 3.63) is 12.7 Å². The molecule has 2 aliphatic heterocycles. The Hall–Kier alpha value is -2.75. The van der Waals surface area contributed by atoms with Crippen molar-refractivity contribution in [1.29, 1.82) is 0 Å². The summed E-state index contributed by atoms with van der Waals surface area (Å²) < 4.78 is 37.9. The summed E-state index contributed by atoms with van der Waals surface area (Å²) in [6, 6.07) is -3.90. The fraction of sp³-hybridized carbons (Fsp3) is 0.833. The van der Waals surface area contributed by atoms with Crippen LogP contribution in [-0.2, 0) is 33.7 Å². The summed E-state index contributed by atoms with van der Waals surface area (Å²) in [6.07, 6.45) is 4.12. The number of hydrogen-bond acceptors (Lipinski definition) is 9. The molecule has 51 heavy (non-hydrogen) atoms. The van der Waals surface area contributed by atoms with Gasteiger partial charge in [-0.15, -0.1) is 6.58 Å². The number of hydrogen-bond donors (Lipinski definition) is 5. The molecule has 4 aliphatic rings. The number of nitrogens with zero attached hydrogens (tertiary/aromatic N) is 1.